The Hall–Kier alpha value is -2.18. The molecule has 6 heteroatoms. The van der Waals surface area contributed by atoms with Crippen molar-refractivity contribution in [3.63, 3.8) is 0 Å². The van der Waals surface area contributed by atoms with Gasteiger partial charge in [-0.25, -0.2) is 8.42 Å². The number of rotatable bonds is 5. The van der Waals surface area contributed by atoms with Crippen LogP contribution in [0.25, 0.3) is 6.08 Å². The number of hydrogen-bond acceptors (Lipinski definition) is 4. The normalized spacial score (nSPS) is 26.2. The molecule has 2 bridgehead atoms. The molecule has 136 valence electrons. The summed E-state index contributed by atoms with van der Waals surface area (Å²) in [4.78, 5) is 4.07. The van der Waals surface area contributed by atoms with Gasteiger partial charge < -0.3 is 4.74 Å². The Morgan fingerprint density at radius 2 is 1.77 bits per heavy atom. The van der Waals surface area contributed by atoms with Crippen molar-refractivity contribution in [2.75, 3.05) is 0 Å². The third kappa shape index (κ3) is 3.66. The van der Waals surface area contributed by atoms with E-state index in [1.165, 1.54) is 5.41 Å². The van der Waals surface area contributed by atoms with Crippen LogP contribution < -0.4 is 4.74 Å². The number of ether oxygens (including phenoxy) is 1. The maximum Gasteiger partial charge on any atom is 0.236 e. The Balaban J connectivity index is 1.46. The highest BCUT2D eigenvalue weighted by atomic mass is 32.2. The standard InChI is InChI=1S/C20H22N2O3S/c23-26(24,12-10-16-5-2-1-3-6-16)22-17-8-9-18(22)14-20(13-17)25-19-7-4-11-21-15-19/h1-7,10-12,15,17-18,20H,8-9,13-14H2. The second-order valence-electron chi connectivity index (χ2n) is 6.87. The van der Waals surface area contributed by atoms with Gasteiger partial charge in [-0.3, -0.25) is 4.98 Å². The molecule has 4 rings (SSSR count). The smallest absolute Gasteiger partial charge is 0.236 e. The molecule has 2 aromatic rings. The van der Waals surface area contributed by atoms with E-state index in [1.54, 1.807) is 22.8 Å². The number of nitrogens with zero attached hydrogens (tertiary/aromatic N) is 2. The van der Waals surface area contributed by atoms with Crippen LogP contribution in [0.5, 0.6) is 5.75 Å². The number of pyridine rings is 1. The van der Waals surface area contributed by atoms with Crippen LogP contribution in [0.4, 0.5) is 0 Å². The predicted octanol–water partition coefficient (Wildman–Crippen LogP) is 3.46. The molecule has 26 heavy (non-hydrogen) atoms. The molecule has 2 aliphatic heterocycles. The van der Waals surface area contributed by atoms with E-state index in [0.717, 1.165) is 37.0 Å². The lowest BCUT2D eigenvalue weighted by molar-refractivity contribution is 0.0960. The first-order valence-corrected chi connectivity index (χ1v) is 10.5. The molecular weight excluding hydrogens is 348 g/mol. The molecule has 5 nitrogen and oxygen atoms in total. The molecule has 2 saturated heterocycles. The van der Waals surface area contributed by atoms with Gasteiger partial charge in [0.1, 0.15) is 11.9 Å². The van der Waals surface area contributed by atoms with Crippen molar-refractivity contribution in [1.82, 2.24) is 9.29 Å². The quantitative estimate of drug-likeness (QED) is 0.809. The minimum Gasteiger partial charge on any atom is -0.489 e. The van der Waals surface area contributed by atoms with E-state index in [4.69, 9.17) is 4.74 Å². The monoisotopic (exact) mass is 370 g/mol. The second-order valence-corrected chi connectivity index (χ2v) is 8.60. The van der Waals surface area contributed by atoms with E-state index in [2.05, 4.69) is 4.98 Å². The van der Waals surface area contributed by atoms with Gasteiger partial charge in [0.05, 0.1) is 6.20 Å². The predicted molar refractivity (Wildman–Crippen MR) is 101 cm³/mol. The summed E-state index contributed by atoms with van der Waals surface area (Å²) in [5.74, 6) is 0.747. The summed E-state index contributed by atoms with van der Waals surface area (Å²) in [7, 11) is -3.43. The zero-order valence-corrected chi connectivity index (χ0v) is 15.3. The maximum absolute atomic E-state index is 12.9. The summed E-state index contributed by atoms with van der Waals surface area (Å²) in [5, 5.41) is 1.34. The van der Waals surface area contributed by atoms with Gasteiger partial charge >= 0.3 is 0 Å². The number of benzene rings is 1. The van der Waals surface area contributed by atoms with E-state index < -0.39 is 10.0 Å². The van der Waals surface area contributed by atoms with Gasteiger partial charge in [-0.05, 0) is 36.6 Å². The van der Waals surface area contributed by atoms with Gasteiger partial charge in [-0.15, -0.1) is 0 Å². The van der Waals surface area contributed by atoms with Gasteiger partial charge in [0.15, 0.2) is 0 Å². The van der Waals surface area contributed by atoms with Crippen molar-refractivity contribution in [3.05, 3.63) is 65.8 Å². The lowest BCUT2D eigenvalue weighted by atomic mass is 10.0. The molecule has 2 atom stereocenters. The number of aromatic nitrogens is 1. The molecule has 0 N–H and O–H groups in total. The zero-order chi connectivity index (χ0) is 18.0. The van der Waals surface area contributed by atoms with E-state index >= 15 is 0 Å². The highest BCUT2D eigenvalue weighted by Gasteiger charge is 2.46. The first-order valence-electron chi connectivity index (χ1n) is 8.95. The third-order valence-corrected chi connectivity index (χ3v) is 6.75. The Bertz CT molecular complexity index is 854. The minimum absolute atomic E-state index is 0.0147. The summed E-state index contributed by atoms with van der Waals surface area (Å²) < 4.78 is 33.5. The van der Waals surface area contributed by atoms with Crippen LogP contribution in [0.2, 0.25) is 0 Å². The van der Waals surface area contributed by atoms with Crippen molar-refractivity contribution in [1.29, 1.82) is 0 Å². The van der Waals surface area contributed by atoms with Crippen molar-refractivity contribution in [2.45, 2.75) is 43.9 Å². The summed E-state index contributed by atoms with van der Waals surface area (Å²) in [6, 6.07) is 13.3. The second kappa shape index (κ2) is 7.21. The van der Waals surface area contributed by atoms with Crippen molar-refractivity contribution in [2.24, 2.45) is 0 Å². The van der Waals surface area contributed by atoms with Crippen LogP contribution in [0.1, 0.15) is 31.2 Å². The van der Waals surface area contributed by atoms with Crippen LogP contribution in [-0.4, -0.2) is 35.9 Å². The molecule has 2 unspecified atom stereocenters. The minimum atomic E-state index is -3.43. The first kappa shape index (κ1) is 17.2. The first-order chi connectivity index (χ1) is 12.6. The Kier molecular flexibility index (Phi) is 4.78. The third-order valence-electron chi connectivity index (χ3n) is 5.09. The van der Waals surface area contributed by atoms with Gasteiger partial charge in [0.25, 0.3) is 0 Å². The van der Waals surface area contributed by atoms with Crippen LogP contribution in [0.3, 0.4) is 0 Å². The topological polar surface area (TPSA) is 59.5 Å². The average molecular weight is 370 g/mol. The molecule has 0 aliphatic carbocycles. The SMILES string of the molecule is O=S(=O)(C=Cc1ccccc1)N1C2CCC1CC(Oc1cccnc1)C2. The molecule has 3 heterocycles. The number of hydrogen-bond donors (Lipinski definition) is 0. The fraction of sp³-hybridized carbons (Fsp3) is 0.350. The van der Waals surface area contributed by atoms with E-state index in [9.17, 15) is 8.42 Å². The molecular formula is C20H22N2O3S. The van der Waals surface area contributed by atoms with Crippen LogP contribution in [0, 0.1) is 0 Å². The number of sulfonamides is 1. The molecule has 2 fully saturated rings. The molecule has 0 spiro atoms. The Morgan fingerprint density at radius 1 is 1.04 bits per heavy atom. The Labute approximate surface area is 154 Å². The molecule has 1 aromatic carbocycles. The maximum atomic E-state index is 12.9. The van der Waals surface area contributed by atoms with Crippen molar-refractivity contribution in [3.8, 4) is 5.75 Å². The number of fused-ring (bicyclic) bond motifs is 2. The van der Waals surface area contributed by atoms with Crippen molar-refractivity contribution >= 4 is 16.1 Å². The summed E-state index contributed by atoms with van der Waals surface area (Å²) in [5.41, 5.74) is 0.887. The highest BCUT2D eigenvalue weighted by Crippen LogP contribution is 2.39. The lowest BCUT2D eigenvalue weighted by Crippen LogP contribution is -2.48. The van der Waals surface area contributed by atoms with Gasteiger partial charge in [0, 0.05) is 36.5 Å². The van der Waals surface area contributed by atoms with Crippen molar-refractivity contribution < 1.29 is 13.2 Å². The Morgan fingerprint density at radius 3 is 2.42 bits per heavy atom. The molecule has 0 radical (unpaired) electrons. The fourth-order valence-electron chi connectivity index (χ4n) is 4.00. The van der Waals surface area contributed by atoms with E-state index in [-0.39, 0.29) is 18.2 Å². The molecule has 1 aromatic heterocycles. The molecule has 2 aliphatic rings. The van der Waals surface area contributed by atoms with Crippen LogP contribution >= 0.6 is 0 Å². The fourth-order valence-corrected chi connectivity index (χ4v) is 5.69. The lowest BCUT2D eigenvalue weighted by Gasteiger charge is -2.37. The van der Waals surface area contributed by atoms with Crippen LogP contribution in [-0.2, 0) is 10.0 Å². The molecule has 0 saturated carbocycles. The average Bonchev–Trinajstić information content (AvgIpc) is 2.94. The van der Waals surface area contributed by atoms with Gasteiger partial charge in [-0.1, -0.05) is 30.3 Å². The summed E-state index contributed by atoms with van der Waals surface area (Å²) in [6.07, 6.45) is 8.38. The highest BCUT2D eigenvalue weighted by molar-refractivity contribution is 7.92. The number of piperidine rings is 1. The van der Waals surface area contributed by atoms with E-state index in [1.807, 2.05) is 42.5 Å². The van der Waals surface area contributed by atoms with Gasteiger partial charge in [0.2, 0.25) is 10.0 Å². The van der Waals surface area contributed by atoms with Gasteiger partial charge in [-0.2, -0.15) is 4.31 Å². The zero-order valence-electron chi connectivity index (χ0n) is 14.4. The molecule has 0 amide bonds. The summed E-state index contributed by atoms with van der Waals surface area (Å²) >= 11 is 0. The largest absolute Gasteiger partial charge is 0.489 e. The van der Waals surface area contributed by atoms with Crippen LogP contribution in [0.15, 0.2) is 60.3 Å². The van der Waals surface area contributed by atoms with E-state index in [0.29, 0.717) is 0 Å². The summed E-state index contributed by atoms with van der Waals surface area (Å²) in [6.45, 7) is 0.